The van der Waals surface area contributed by atoms with Crippen molar-refractivity contribution >= 4 is 17.7 Å². The molecule has 0 aliphatic heterocycles. The van der Waals surface area contributed by atoms with Gasteiger partial charge in [-0.1, -0.05) is 19.9 Å². The maximum Gasteiger partial charge on any atom is 0.269 e. The minimum atomic E-state index is -0.628. The van der Waals surface area contributed by atoms with Crippen molar-refractivity contribution in [2.24, 2.45) is 0 Å². The summed E-state index contributed by atoms with van der Waals surface area (Å²) in [6.07, 6.45) is -0.0273. The molecule has 8 heteroatoms. The van der Waals surface area contributed by atoms with E-state index in [0.29, 0.717) is 6.54 Å². The lowest BCUT2D eigenvalue weighted by atomic mass is 10.2. The molecular weight excluding hydrogens is 327 g/mol. The van der Waals surface area contributed by atoms with E-state index in [-0.39, 0.29) is 24.3 Å². The number of hydrazine groups is 1. The van der Waals surface area contributed by atoms with E-state index < -0.39 is 17.6 Å². The maximum absolute atomic E-state index is 13.0. The number of likely N-dealkylation sites (N-methyl/N-ethyl adjacent to an activating group) is 1. The molecule has 0 unspecified atom stereocenters. The Morgan fingerprint density at radius 2 is 1.72 bits per heavy atom. The van der Waals surface area contributed by atoms with Crippen LogP contribution in [-0.2, 0) is 9.59 Å². The number of hydrogen-bond acceptors (Lipinski definition) is 4. The van der Waals surface area contributed by atoms with Gasteiger partial charge in [-0.3, -0.25) is 25.2 Å². The Hall–Kier alpha value is -2.48. The van der Waals surface area contributed by atoms with Crippen molar-refractivity contribution in [1.29, 1.82) is 0 Å². The number of amides is 3. The number of halogens is 1. The molecule has 0 spiro atoms. The molecule has 0 heterocycles. The highest BCUT2D eigenvalue weighted by Gasteiger charge is 2.10. The third-order valence-electron chi connectivity index (χ3n) is 3.63. The van der Waals surface area contributed by atoms with Crippen molar-refractivity contribution in [1.82, 2.24) is 21.1 Å². The maximum atomic E-state index is 13.0. The number of carbonyl (C=O) groups is 3. The molecule has 3 N–H and O–H groups in total. The van der Waals surface area contributed by atoms with Crippen molar-refractivity contribution in [2.75, 3.05) is 26.2 Å². The molecule has 0 atom stereocenters. The smallest absolute Gasteiger partial charge is 0.269 e. The first kappa shape index (κ1) is 20.6. The highest BCUT2D eigenvalue weighted by Crippen LogP contribution is 2.02. The molecule has 7 nitrogen and oxygen atoms in total. The lowest BCUT2D eigenvalue weighted by Crippen LogP contribution is -2.42. The lowest BCUT2D eigenvalue weighted by molar-refractivity contribution is -0.126. The number of carbonyl (C=O) groups excluding carboxylic acids is 3. The van der Waals surface area contributed by atoms with Gasteiger partial charge in [0.05, 0.1) is 0 Å². The van der Waals surface area contributed by atoms with E-state index >= 15 is 0 Å². The first-order chi connectivity index (χ1) is 12.0. The fourth-order valence-corrected chi connectivity index (χ4v) is 2.10. The Bertz CT molecular complexity index is 591. The van der Waals surface area contributed by atoms with Crippen LogP contribution in [0.5, 0.6) is 0 Å². The average molecular weight is 352 g/mol. The Labute approximate surface area is 146 Å². The van der Waals surface area contributed by atoms with Gasteiger partial charge in [-0.2, -0.15) is 0 Å². The molecule has 0 aromatic heterocycles. The number of hydrogen-bond donors (Lipinski definition) is 3. The zero-order valence-electron chi connectivity index (χ0n) is 14.6. The second kappa shape index (κ2) is 11.1. The summed E-state index contributed by atoms with van der Waals surface area (Å²) >= 11 is 0. The SMILES string of the molecule is CCN(CC)CCNC(=O)CCC(=O)NNC(=O)c1cccc(F)c1. The van der Waals surface area contributed by atoms with Gasteiger partial charge in [0.1, 0.15) is 5.82 Å². The third-order valence-corrected chi connectivity index (χ3v) is 3.63. The summed E-state index contributed by atoms with van der Waals surface area (Å²) in [4.78, 5) is 37.2. The fraction of sp³-hybridized carbons (Fsp3) is 0.471. The number of nitrogens with one attached hydrogen (secondary N) is 3. The molecular formula is C17H25FN4O3. The topological polar surface area (TPSA) is 90.5 Å². The van der Waals surface area contributed by atoms with Crippen molar-refractivity contribution in [3.63, 3.8) is 0 Å². The van der Waals surface area contributed by atoms with Crippen LogP contribution in [0.2, 0.25) is 0 Å². The molecule has 0 aliphatic rings. The van der Waals surface area contributed by atoms with E-state index in [2.05, 4.69) is 21.1 Å². The van der Waals surface area contributed by atoms with Crippen LogP contribution in [0.3, 0.4) is 0 Å². The number of rotatable bonds is 9. The van der Waals surface area contributed by atoms with E-state index in [1.54, 1.807) is 0 Å². The zero-order chi connectivity index (χ0) is 18.7. The highest BCUT2D eigenvalue weighted by molar-refractivity contribution is 5.95. The van der Waals surface area contributed by atoms with Gasteiger partial charge in [0.25, 0.3) is 5.91 Å². The van der Waals surface area contributed by atoms with E-state index in [1.807, 2.05) is 13.8 Å². The van der Waals surface area contributed by atoms with Crippen molar-refractivity contribution < 1.29 is 18.8 Å². The third kappa shape index (κ3) is 8.25. The van der Waals surface area contributed by atoms with Crippen molar-refractivity contribution in [3.05, 3.63) is 35.6 Å². The second-order valence-electron chi connectivity index (χ2n) is 5.39. The van der Waals surface area contributed by atoms with Crippen LogP contribution in [0.4, 0.5) is 4.39 Å². The molecule has 138 valence electrons. The second-order valence-corrected chi connectivity index (χ2v) is 5.39. The minimum Gasteiger partial charge on any atom is -0.355 e. The van der Waals surface area contributed by atoms with Crippen LogP contribution < -0.4 is 16.2 Å². The van der Waals surface area contributed by atoms with Gasteiger partial charge in [0.2, 0.25) is 11.8 Å². The molecule has 1 aromatic rings. The van der Waals surface area contributed by atoms with Crippen LogP contribution in [0.15, 0.2) is 24.3 Å². The molecule has 1 rings (SSSR count). The van der Waals surface area contributed by atoms with Crippen molar-refractivity contribution in [2.45, 2.75) is 26.7 Å². The van der Waals surface area contributed by atoms with E-state index in [1.165, 1.54) is 18.2 Å². The monoisotopic (exact) mass is 352 g/mol. The van der Waals surface area contributed by atoms with Crippen LogP contribution in [0.1, 0.15) is 37.0 Å². The van der Waals surface area contributed by atoms with Crippen molar-refractivity contribution in [3.8, 4) is 0 Å². The first-order valence-electron chi connectivity index (χ1n) is 8.30. The molecule has 25 heavy (non-hydrogen) atoms. The lowest BCUT2D eigenvalue weighted by Gasteiger charge is -2.17. The fourth-order valence-electron chi connectivity index (χ4n) is 2.10. The van der Waals surface area contributed by atoms with Gasteiger partial charge < -0.3 is 10.2 Å². The first-order valence-corrected chi connectivity index (χ1v) is 8.30. The quantitative estimate of drug-likeness (QED) is 0.574. The minimum absolute atomic E-state index is 0.0277. The van der Waals surface area contributed by atoms with E-state index in [9.17, 15) is 18.8 Å². The number of nitrogens with zero attached hydrogens (tertiary/aromatic N) is 1. The summed E-state index contributed by atoms with van der Waals surface area (Å²) in [5, 5.41) is 2.74. The van der Waals surface area contributed by atoms with E-state index in [0.717, 1.165) is 25.7 Å². The van der Waals surface area contributed by atoms with Crippen LogP contribution in [0, 0.1) is 5.82 Å². The van der Waals surface area contributed by atoms with Gasteiger partial charge in [-0.05, 0) is 31.3 Å². The largest absolute Gasteiger partial charge is 0.355 e. The van der Waals surface area contributed by atoms with Crippen LogP contribution >= 0.6 is 0 Å². The van der Waals surface area contributed by atoms with Crippen LogP contribution in [0.25, 0.3) is 0 Å². The molecule has 0 fully saturated rings. The molecule has 0 aliphatic carbocycles. The highest BCUT2D eigenvalue weighted by atomic mass is 19.1. The predicted molar refractivity (Wildman–Crippen MR) is 92.0 cm³/mol. The molecule has 0 saturated heterocycles. The summed E-state index contributed by atoms with van der Waals surface area (Å²) in [7, 11) is 0. The molecule has 0 radical (unpaired) electrons. The van der Waals surface area contributed by atoms with Gasteiger partial charge in [0.15, 0.2) is 0 Å². The summed E-state index contributed by atoms with van der Waals surface area (Å²) in [6, 6.07) is 5.10. The summed E-state index contributed by atoms with van der Waals surface area (Å²) in [5.74, 6) is -1.89. The Morgan fingerprint density at radius 3 is 2.36 bits per heavy atom. The molecule has 0 saturated carbocycles. The van der Waals surface area contributed by atoms with Gasteiger partial charge >= 0.3 is 0 Å². The Kier molecular flexibility index (Phi) is 9.16. The summed E-state index contributed by atoms with van der Waals surface area (Å²) < 4.78 is 13.0. The predicted octanol–water partition coefficient (Wildman–Crippen LogP) is 0.825. The van der Waals surface area contributed by atoms with Crippen LogP contribution in [-0.4, -0.2) is 48.8 Å². The average Bonchev–Trinajstić information content (AvgIpc) is 2.61. The summed E-state index contributed by atoms with van der Waals surface area (Å²) in [5.41, 5.74) is 4.47. The molecule has 1 aromatic carbocycles. The van der Waals surface area contributed by atoms with Gasteiger partial charge in [0, 0.05) is 31.5 Å². The van der Waals surface area contributed by atoms with E-state index in [4.69, 9.17) is 0 Å². The van der Waals surface area contributed by atoms with Gasteiger partial charge in [-0.25, -0.2) is 4.39 Å². The molecule has 3 amide bonds. The standard InChI is InChI=1S/C17H25FN4O3/c1-3-22(4-2)11-10-19-15(23)8-9-16(24)20-21-17(25)13-6-5-7-14(18)12-13/h5-7,12H,3-4,8-11H2,1-2H3,(H,19,23)(H,20,24)(H,21,25). The number of benzene rings is 1. The normalized spacial score (nSPS) is 10.4. The zero-order valence-corrected chi connectivity index (χ0v) is 14.6. The Balaban J connectivity index is 2.21. The summed E-state index contributed by atoms with van der Waals surface area (Å²) in [6.45, 7) is 7.22. The molecule has 0 bridgehead atoms. The van der Waals surface area contributed by atoms with Gasteiger partial charge in [-0.15, -0.1) is 0 Å². The Morgan fingerprint density at radius 1 is 1.04 bits per heavy atom.